The first kappa shape index (κ1) is 8.72. The third-order valence-electron chi connectivity index (χ3n) is 0.737. The highest BCUT2D eigenvalue weighted by Crippen LogP contribution is 2.32. The summed E-state index contributed by atoms with van der Waals surface area (Å²) < 4.78 is 45.7. The van der Waals surface area contributed by atoms with Gasteiger partial charge in [0, 0.05) is 6.42 Å². The molecule has 0 aliphatic carbocycles. The van der Waals surface area contributed by atoms with Crippen molar-refractivity contribution in [2.75, 3.05) is 0 Å². The fourth-order valence-electron chi connectivity index (χ4n) is 0.334. The van der Waals surface area contributed by atoms with Crippen LogP contribution in [0, 0.1) is 12.8 Å². The zero-order valence-corrected chi connectivity index (χ0v) is 4.80. The van der Waals surface area contributed by atoms with Crippen molar-refractivity contribution in [3.05, 3.63) is 12.8 Å². The summed E-state index contributed by atoms with van der Waals surface area (Å²) in [6.45, 7) is 1.30. The van der Waals surface area contributed by atoms with Gasteiger partial charge in [-0.05, 0) is 6.42 Å². The largest absolute Gasteiger partial charge is 0.378 e. The Hall–Kier alpha value is -0.280. The standard InChI is InChI=1S/C5H6F4/c1-2-3-5(8,9)4(6)7/h2H,3H2,1H3. The Morgan fingerprint density at radius 3 is 2.00 bits per heavy atom. The molecule has 0 bridgehead atoms. The Labute approximate surface area is 50.9 Å². The van der Waals surface area contributed by atoms with E-state index in [0.29, 0.717) is 0 Å². The van der Waals surface area contributed by atoms with Crippen LogP contribution in [0.2, 0.25) is 0 Å². The van der Waals surface area contributed by atoms with Crippen molar-refractivity contribution in [1.29, 1.82) is 0 Å². The van der Waals surface area contributed by atoms with Crippen LogP contribution in [-0.2, 0) is 0 Å². The topological polar surface area (TPSA) is 0 Å². The molecule has 0 heterocycles. The van der Waals surface area contributed by atoms with Crippen molar-refractivity contribution in [1.82, 2.24) is 0 Å². The molecular weight excluding hydrogens is 136 g/mol. The molecule has 0 aliphatic heterocycles. The van der Waals surface area contributed by atoms with Crippen molar-refractivity contribution < 1.29 is 17.6 Å². The molecule has 0 unspecified atom stereocenters. The Kier molecular flexibility index (Phi) is 2.94. The van der Waals surface area contributed by atoms with Gasteiger partial charge in [0.1, 0.15) is 0 Å². The second kappa shape index (κ2) is 3.03. The van der Waals surface area contributed by atoms with E-state index >= 15 is 0 Å². The van der Waals surface area contributed by atoms with Gasteiger partial charge < -0.3 is 0 Å². The molecule has 0 nitrogen and oxygen atoms in total. The molecule has 4 heteroatoms. The minimum absolute atomic E-state index is 0.894. The van der Waals surface area contributed by atoms with Crippen molar-refractivity contribution in [2.45, 2.75) is 19.3 Å². The van der Waals surface area contributed by atoms with E-state index in [1.807, 2.05) is 0 Å². The lowest BCUT2D eigenvalue weighted by Crippen LogP contribution is -2.19. The number of hydrogen-bond donors (Lipinski definition) is 0. The molecule has 0 fully saturated rings. The van der Waals surface area contributed by atoms with Crippen molar-refractivity contribution >= 4 is 0 Å². The molecule has 0 aromatic carbocycles. The summed E-state index contributed by atoms with van der Waals surface area (Å²) in [7, 11) is 0. The van der Waals surface area contributed by atoms with Gasteiger partial charge in [0.25, 0.3) is 0 Å². The van der Waals surface area contributed by atoms with Crippen molar-refractivity contribution in [3.63, 3.8) is 0 Å². The van der Waals surface area contributed by atoms with Crippen LogP contribution >= 0.6 is 0 Å². The number of hydrogen-bond acceptors (Lipinski definition) is 0. The normalized spacial score (nSPS) is 12.7. The number of alkyl halides is 2. The summed E-state index contributed by atoms with van der Waals surface area (Å²) in [5.74, 6) is -3.92. The summed E-state index contributed by atoms with van der Waals surface area (Å²) in [5.41, 5.74) is 0. The Morgan fingerprint density at radius 1 is 1.44 bits per heavy atom. The van der Waals surface area contributed by atoms with Crippen molar-refractivity contribution in [2.24, 2.45) is 0 Å². The summed E-state index contributed by atoms with van der Waals surface area (Å²) in [6.07, 6.45) is -2.71. The van der Waals surface area contributed by atoms with Crippen molar-refractivity contribution in [3.8, 4) is 0 Å². The van der Waals surface area contributed by atoms with Crippen LogP contribution in [0.1, 0.15) is 13.3 Å². The summed E-state index contributed by atoms with van der Waals surface area (Å²) in [4.78, 5) is 0. The average molecular weight is 142 g/mol. The van der Waals surface area contributed by atoms with Gasteiger partial charge in [-0.25, -0.2) is 0 Å². The predicted molar refractivity (Wildman–Crippen MR) is 25.0 cm³/mol. The molecular formula is C5H6F4. The first-order valence-electron chi connectivity index (χ1n) is 2.35. The second-order valence-corrected chi connectivity index (χ2v) is 1.58. The molecule has 0 atom stereocenters. The van der Waals surface area contributed by atoms with Crippen LogP contribution < -0.4 is 0 Å². The van der Waals surface area contributed by atoms with Gasteiger partial charge in [0.15, 0.2) is 0 Å². The summed E-state index contributed by atoms with van der Waals surface area (Å²) >= 11 is 0. The third kappa shape index (κ3) is 2.67. The van der Waals surface area contributed by atoms with E-state index in [-0.39, 0.29) is 0 Å². The SMILES string of the molecule is C[CH]CC(F)(F)[C](F)F. The zero-order chi connectivity index (χ0) is 7.49. The molecule has 0 saturated heterocycles. The fourth-order valence-corrected chi connectivity index (χ4v) is 0.334. The van der Waals surface area contributed by atoms with Gasteiger partial charge in [0.05, 0.1) is 0 Å². The molecule has 0 aliphatic rings. The predicted octanol–water partition coefficient (Wildman–Crippen LogP) is 2.66. The van der Waals surface area contributed by atoms with Crippen LogP contribution in [0.3, 0.4) is 0 Å². The smallest absolute Gasteiger partial charge is 0.200 e. The number of rotatable bonds is 3. The van der Waals surface area contributed by atoms with Gasteiger partial charge >= 0.3 is 12.3 Å². The van der Waals surface area contributed by atoms with Crippen LogP contribution in [-0.4, -0.2) is 5.92 Å². The lowest BCUT2D eigenvalue weighted by atomic mass is 10.2. The molecule has 0 amide bonds. The summed E-state index contributed by atoms with van der Waals surface area (Å²) in [5, 5.41) is 0. The third-order valence-corrected chi connectivity index (χ3v) is 0.737. The van der Waals surface area contributed by atoms with Crippen LogP contribution in [0.15, 0.2) is 0 Å². The van der Waals surface area contributed by atoms with E-state index in [1.54, 1.807) is 0 Å². The number of halogens is 4. The van der Waals surface area contributed by atoms with Crippen LogP contribution in [0.5, 0.6) is 0 Å². The van der Waals surface area contributed by atoms with E-state index in [0.717, 1.165) is 6.42 Å². The van der Waals surface area contributed by atoms with Gasteiger partial charge in [-0.1, -0.05) is 6.92 Å². The minimum atomic E-state index is -3.92. The molecule has 0 aromatic rings. The molecule has 2 radical (unpaired) electrons. The summed E-state index contributed by atoms with van der Waals surface area (Å²) in [6, 6.07) is 0. The lowest BCUT2D eigenvalue weighted by molar-refractivity contribution is -0.0591. The first-order valence-corrected chi connectivity index (χ1v) is 2.35. The maximum atomic E-state index is 11.7. The Bertz CT molecular complexity index is 79.0. The van der Waals surface area contributed by atoms with E-state index in [2.05, 4.69) is 0 Å². The monoisotopic (exact) mass is 142 g/mol. The highest BCUT2D eigenvalue weighted by molar-refractivity contribution is 4.86. The molecule has 0 spiro atoms. The molecule has 0 aromatic heterocycles. The second-order valence-electron chi connectivity index (χ2n) is 1.58. The van der Waals surface area contributed by atoms with E-state index in [1.165, 1.54) is 6.92 Å². The van der Waals surface area contributed by atoms with E-state index < -0.39 is 18.8 Å². The first-order chi connectivity index (χ1) is 4.00. The molecule has 0 saturated carbocycles. The van der Waals surface area contributed by atoms with Crippen LogP contribution in [0.25, 0.3) is 0 Å². The van der Waals surface area contributed by atoms with Gasteiger partial charge in [-0.3, -0.25) is 0 Å². The molecule has 0 rings (SSSR count). The lowest BCUT2D eigenvalue weighted by Gasteiger charge is -2.10. The van der Waals surface area contributed by atoms with E-state index in [9.17, 15) is 17.6 Å². The highest BCUT2D eigenvalue weighted by Gasteiger charge is 2.41. The molecule has 9 heavy (non-hydrogen) atoms. The maximum absolute atomic E-state index is 11.7. The Balaban J connectivity index is 3.70. The van der Waals surface area contributed by atoms with Gasteiger partial charge in [-0.2, -0.15) is 17.6 Å². The minimum Gasteiger partial charge on any atom is -0.200 e. The quantitative estimate of drug-likeness (QED) is 0.531. The molecule has 0 N–H and O–H groups in total. The fraction of sp³-hybridized carbons (Fsp3) is 0.600. The Morgan fingerprint density at radius 2 is 1.89 bits per heavy atom. The van der Waals surface area contributed by atoms with E-state index in [4.69, 9.17) is 0 Å². The van der Waals surface area contributed by atoms with Gasteiger partial charge in [-0.15, -0.1) is 0 Å². The maximum Gasteiger partial charge on any atom is 0.378 e. The zero-order valence-electron chi connectivity index (χ0n) is 4.80. The van der Waals surface area contributed by atoms with Gasteiger partial charge in [0.2, 0.25) is 0 Å². The molecule has 54 valence electrons. The highest BCUT2D eigenvalue weighted by atomic mass is 19.3. The van der Waals surface area contributed by atoms with Crippen LogP contribution in [0.4, 0.5) is 17.6 Å². The average Bonchev–Trinajstić information content (AvgIpc) is 1.65.